The second-order valence-electron chi connectivity index (χ2n) is 6.65. The van der Waals surface area contributed by atoms with Gasteiger partial charge in [0, 0.05) is 30.6 Å². The zero-order valence-corrected chi connectivity index (χ0v) is 14.5. The number of fused-ring (bicyclic) bond motifs is 1. The fourth-order valence-electron chi connectivity index (χ4n) is 3.17. The third kappa shape index (κ3) is 3.44. The van der Waals surface area contributed by atoms with E-state index in [9.17, 15) is 9.18 Å². The lowest BCUT2D eigenvalue weighted by molar-refractivity contribution is 0.0918. The highest BCUT2D eigenvalue weighted by Crippen LogP contribution is 2.26. The summed E-state index contributed by atoms with van der Waals surface area (Å²) in [6.45, 7) is 3.65. The van der Waals surface area contributed by atoms with Crippen LogP contribution in [-0.2, 0) is 13.0 Å². The van der Waals surface area contributed by atoms with E-state index in [-0.39, 0.29) is 11.6 Å². The summed E-state index contributed by atoms with van der Waals surface area (Å²) in [5, 5.41) is 0. The van der Waals surface area contributed by atoms with Crippen molar-refractivity contribution in [2.75, 3.05) is 13.1 Å². The van der Waals surface area contributed by atoms with Gasteiger partial charge in [0.2, 0.25) is 5.89 Å². The second-order valence-corrected chi connectivity index (χ2v) is 6.65. The maximum atomic E-state index is 13.4. The molecule has 0 saturated carbocycles. The van der Waals surface area contributed by atoms with Gasteiger partial charge in [-0.1, -0.05) is 35.9 Å². The van der Waals surface area contributed by atoms with E-state index in [0.29, 0.717) is 31.0 Å². The van der Waals surface area contributed by atoms with E-state index < -0.39 is 0 Å². The Morgan fingerprint density at radius 1 is 1.23 bits per heavy atom. The van der Waals surface area contributed by atoms with Gasteiger partial charge < -0.3 is 4.42 Å². The van der Waals surface area contributed by atoms with Crippen molar-refractivity contribution in [2.45, 2.75) is 19.9 Å². The van der Waals surface area contributed by atoms with Crippen molar-refractivity contribution in [1.82, 2.24) is 9.88 Å². The minimum Gasteiger partial charge on any atom is -0.441 e. The number of oxazole rings is 1. The number of rotatable bonds is 4. The van der Waals surface area contributed by atoms with Crippen LogP contribution in [0.3, 0.4) is 0 Å². The lowest BCUT2D eigenvalue weighted by atomic mass is 10.1. The molecule has 0 radical (unpaired) electrons. The molecule has 0 aliphatic carbocycles. The molecular formula is C21H19FN2O2. The normalized spacial score (nSPS) is 14.2. The molecule has 1 aromatic heterocycles. The van der Waals surface area contributed by atoms with E-state index >= 15 is 0 Å². The topological polar surface area (TPSA) is 46.3 Å². The molecular weight excluding hydrogens is 331 g/mol. The van der Waals surface area contributed by atoms with Crippen LogP contribution in [0.4, 0.5) is 4.39 Å². The SMILES string of the molecule is Cc1ccc(C(=O)CN2CCc3oc(-c4cccc(F)c4)nc3C2)cc1. The van der Waals surface area contributed by atoms with E-state index in [2.05, 4.69) is 9.88 Å². The van der Waals surface area contributed by atoms with Gasteiger partial charge in [-0.25, -0.2) is 9.37 Å². The van der Waals surface area contributed by atoms with Crippen molar-refractivity contribution in [2.24, 2.45) is 0 Å². The summed E-state index contributed by atoms with van der Waals surface area (Å²) in [7, 11) is 0. The summed E-state index contributed by atoms with van der Waals surface area (Å²) >= 11 is 0. The molecule has 132 valence electrons. The highest BCUT2D eigenvalue weighted by Gasteiger charge is 2.24. The van der Waals surface area contributed by atoms with E-state index in [0.717, 1.165) is 29.1 Å². The number of halogens is 1. The monoisotopic (exact) mass is 350 g/mol. The maximum Gasteiger partial charge on any atom is 0.226 e. The van der Waals surface area contributed by atoms with E-state index in [1.807, 2.05) is 31.2 Å². The van der Waals surface area contributed by atoms with Crippen molar-refractivity contribution in [1.29, 1.82) is 0 Å². The van der Waals surface area contributed by atoms with Gasteiger partial charge in [-0.2, -0.15) is 0 Å². The average molecular weight is 350 g/mol. The highest BCUT2D eigenvalue weighted by atomic mass is 19.1. The molecule has 2 aromatic carbocycles. The fraction of sp³-hybridized carbons (Fsp3) is 0.238. The van der Waals surface area contributed by atoms with Crippen LogP contribution in [0.2, 0.25) is 0 Å². The number of hydrogen-bond donors (Lipinski definition) is 0. The Morgan fingerprint density at radius 2 is 2.04 bits per heavy atom. The summed E-state index contributed by atoms with van der Waals surface area (Å²) < 4.78 is 19.2. The number of carbonyl (C=O) groups excluding carboxylic acids is 1. The first kappa shape index (κ1) is 16.7. The molecule has 0 saturated heterocycles. The van der Waals surface area contributed by atoms with Gasteiger partial charge in [0.05, 0.1) is 12.2 Å². The molecule has 1 aliphatic rings. The lowest BCUT2D eigenvalue weighted by Crippen LogP contribution is -2.34. The number of ketones is 1. The number of benzene rings is 2. The van der Waals surface area contributed by atoms with E-state index in [4.69, 9.17) is 4.42 Å². The zero-order chi connectivity index (χ0) is 18.1. The molecule has 26 heavy (non-hydrogen) atoms. The predicted molar refractivity (Wildman–Crippen MR) is 96.4 cm³/mol. The molecule has 4 nitrogen and oxygen atoms in total. The number of aryl methyl sites for hydroxylation is 1. The summed E-state index contributed by atoms with van der Waals surface area (Å²) in [4.78, 5) is 19.1. The minimum atomic E-state index is -0.316. The molecule has 0 fully saturated rings. The fourth-order valence-corrected chi connectivity index (χ4v) is 3.17. The molecule has 2 heterocycles. The Kier molecular flexibility index (Phi) is 4.39. The third-order valence-corrected chi connectivity index (χ3v) is 4.62. The summed E-state index contributed by atoms with van der Waals surface area (Å²) in [6.07, 6.45) is 0.693. The summed E-state index contributed by atoms with van der Waals surface area (Å²) in [5.41, 5.74) is 3.31. The van der Waals surface area contributed by atoms with Crippen LogP contribution in [0.5, 0.6) is 0 Å². The average Bonchev–Trinajstić information content (AvgIpc) is 3.05. The molecule has 0 atom stereocenters. The summed E-state index contributed by atoms with van der Waals surface area (Å²) in [5.74, 6) is 1.04. The molecule has 0 bridgehead atoms. The van der Waals surface area contributed by atoms with Gasteiger partial charge >= 0.3 is 0 Å². The first-order valence-electron chi connectivity index (χ1n) is 8.65. The van der Waals surface area contributed by atoms with Crippen molar-refractivity contribution in [3.05, 3.63) is 76.9 Å². The highest BCUT2D eigenvalue weighted by molar-refractivity contribution is 5.97. The number of hydrogen-bond acceptors (Lipinski definition) is 4. The van der Waals surface area contributed by atoms with Crippen molar-refractivity contribution in [3.63, 3.8) is 0 Å². The van der Waals surface area contributed by atoms with Gasteiger partial charge in [0.25, 0.3) is 0 Å². The van der Waals surface area contributed by atoms with Gasteiger partial charge in [-0.3, -0.25) is 9.69 Å². The Bertz CT molecular complexity index is 947. The molecule has 0 N–H and O–H groups in total. The number of carbonyl (C=O) groups is 1. The van der Waals surface area contributed by atoms with Gasteiger partial charge in [-0.05, 0) is 25.1 Å². The van der Waals surface area contributed by atoms with Crippen LogP contribution in [0.1, 0.15) is 27.4 Å². The van der Waals surface area contributed by atoms with Crippen LogP contribution >= 0.6 is 0 Å². The Hall–Kier alpha value is -2.79. The van der Waals surface area contributed by atoms with Crippen molar-refractivity contribution in [3.8, 4) is 11.5 Å². The third-order valence-electron chi connectivity index (χ3n) is 4.62. The van der Waals surface area contributed by atoms with Crippen LogP contribution in [-0.4, -0.2) is 28.8 Å². The van der Waals surface area contributed by atoms with Gasteiger partial charge in [0.1, 0.15) is 11.6 Å². The first-order chi connectivity index (χ1) is 12.6. The smallest absolute Gasteiger partial charge is 0.226 e. The molecule has 3 aromatic rings. The number of Topliss-reactive ketones (excluding diaryl/α,β-unsaturated/α-hetero) is 1. The van der Waals surface area contributed by atoms with Crippen LogP contribution in [0.25, 0.3) is 11.5 Å². The zero-order valence-electron chi connectivity index (χ0n) is 14.5. The Morgan fingerprint density at radius 3 is 2.81 bits per heavy atom. The largest absolute Gasteiger partial charge is 0.441 e. The molecule has 1 aliphatic heterocycles. The predicted octanol–water partition coefficient (Wildman–Crippen LogP) is 4.03. The number of nitrogens with zero attached hydrogens (tertiary/aromatic N) is 2. The molecule has 0 unspecified atom stereocenters. The standard InChI is InChI=1S/C21H19FN2O2/c1-14-5-7-15(8-6-14)19(25)13-24-10-9-20-18(12-24)23-21(26-20)16-3-2-4-17(22)11-16/h2-8,11H,9-10,12-13H2,1H3. The van der Waals surface area contributed by atoms with Gasteiger partial charge in [0.15, 0.2) is 5.78 Å². The van der Waals surface area contributed by atoms with Crippen LogP contribution in [0, 0.1) is 12.7 Å². The number of aromatic nitrogens is 1. The second kappa shape index (κ2) is 6.84. The summed E-state index contributed by atoms with van der Waals surface area (Å²) in [6, 6.07) is 13.9. The van der Waals surface area contributed by atoms with Crippen LogP contribution in [0.15, 0.2) is 52.9 Å². The van der Waals surface area contributed by atoms with E-state index in [1.54, 1.807) is 12.1 Å². The quantitative estimate of drug-likeness (QED) is 0.667. The maximum absolute atomic E-state index is 13.4. The Balaban J connectivity index is 1.48. The first-order valence-corrected chi connectivity index (χ1v) is 8.65. The molecule has 5 heteroatoms. The minimum absolute atomic E-state index is 0.0994. The Labute approximate surface area is 151 Å². The molecule has 0 amide bonds. The van der Waals surface area contributed by atoms with Crippen LogP contribution < -0.4 is 0 Å². The van der Waals surface area contributed by atoms with Crippen molar-refractivity contribution < 1.29 is 13.6 Å². The van der Waals surface area contributed by atoms with Crippen molar-refractivity contribution >= 4 is 5.78 Å². The molecule has 4 rings (SSSR count). The van der Waals surface area contributed by atoms with E-state index in [1.165, 1.54) is 12.1 Å². The lowest BCUT2D eigenvalue weighted by Gasteiger charge is -2.24. The van der Waals surface area contributed by atoms with Gasteiger partial charge in [-0.15, -0.1) is 0 Å². The molecule has 0 spiro atoms.